The van der Waals surface area contributed by atoms with Gasteiger partial charge in [0.15, 0.2) is 0 Å². The van der Waals surface area contributed by atoms with Crippen molar-refractivity contribution in [1.82, 2.24) is 15.1 Å². The fourth-order valence-electron chi connectivity index (χ4n) is 2.30. The highest BCUT2D eigenvalue weighted by Gasteiger charge is 2.20. The van der Waals surface area contributed by atoms with E-state index in [1.807, 2.05) is 12.1 Å². The van der Waals surface area contributed by atoms with Gasteiger partial charge in [-0.05, 0) is 24.5 Å². The van der Waals surface area contributed by atoms with Gasteiger partial charge in [-0.15, -0.1) is 12.4 Å². The van der Waals surface area contributed by atoms with Gasteiger partial charge in [-0.1, -0.05) is 37.6 Å². The molecule has 1 aromatic heterocycles. The standard InChI is InChI=1S/C17H23ClN4O.ClH/c1-11(2)15(19)7-8-22(3)17(23)14-10-20-21-16(14)12-5-4-6-13(18)9-12;/h4-6,9-11,15H,7-8,19H2,1-3H3,(H,20,21);1H. The average Bonchev–Trinajstić information content (AvgIpc) is 3.00. The van der Waals surface area contributed by atoms with Gasteiger partial charge in [0.25, 0.3) is 5.91 Å². The van der Waals surface area contributed by atoms with E-state index >= 15 is 0 Å². The molecule has 2 aromatic rings. The minimum absolute atomic E-state index is 0. The summed E-state index contributed by atoms with van der Waals surface area (Å²) in [6.45, 7) is 4.78. The van der Waals surface area contributed by atoms with Gasteiger partial charge >= 0.3 is 0 Å². The van der Waals surface area contributed by atoms with Gasteiger partial charge < -0.3 is 10.6 Å². The summed E-state index contributed by atoms with van der Waals surface area (Å²) in [5, 5.41) is 7.52. The molecule has 0 radical (unpaired) electrons. The predicted molar refractivity (Wildman–Crippen MR) is 101 cm³/mol. The third-order valence-corrected chi connectivity index (χ3v) is 4.22. The van der Waals surface area contributed by atoms with Gasteiger partial charge in [-0.3, -0.25) is 9.89 Å². The van der Waals surface area contributed by atoms with Crippen molar-refractivity contribution >= 4 is 29.9 Å². The van der Waals surface area contributed by atoms with E-state index in [-0.39, 0.29) is 24.4 Å². The molecule has 3 N–H and O–H groups in total. The van der Waals surface area contributed by atoms with Crippen LogP contribution in [0.2, 0.25) is 5.02 Å². The molecular weight excluding hydrogens is 347 g/mol. The highest BCUT2D eigenvalue weighted by Crippen LogP contribution is 2.24. The summed E-state index contributed by atoms with van der Waals surface area (Å²) in [6, 6.07) is 7.42. The van der Waals surface area contributed by atoms with Gasteiger partial charge in [-0.2, -0.15) is 5.10 Å². The van der Waals surface area contributed by atoms with Crippen LogP contribution in [0.1, 0.15) is 30.6 Å². The Hall–Kier alpha value is -1.56. The first kappa shape index (κ1) is 20.5. The number of rotatable bonds is 6. The summed E-state index contributed by atoms with van der Waals surface area (Å²) >= 11 is 6.03. The first-order valence-corrected chi connectivity index (χ1v) is 8.08. The maximum absolute atomic E-state index is 12.7. The smallest absolute Gasteiger partial charge is 0.257 e. The second-order valence-corrected chi connectivity index (χ2v) is 6.53. The topological polar surface area (TPSA) is 75.0 Å². The summed E-state index contributed by atoms with van der Waals surface area (Å²) in [4.78, 5) is 14.3. The van der Waals surface area contributed by atoms with Gasteiger partial charge in [0.1, 0.15) is 0 Å². The van der Waals surface area contributed by atoms with E-state index in [4.69, 9.17) is 17.3 Å². The molecule has 1 amide bonds. The van der Waals surface area contributed by atoms with Crippen molar-refractivity contribution in [3.05, 3.63) is 41.0 Å². The normalized spacial score (nSPS) is 11.9. The van der Waals surface area contributed by atoms with E-state index in [0.717, 1.165) is 12.0 Å². The first-order chi connectivity index (χ1) is 10.9. The second kappa shape index (κ2) is 9.06. The highest BCUT2D eigenvalue weighted by atomic mass is 35.5. The predicted octanol–water partition coefficient (Wildman–Crippen LogP) is 3.60. The van der Waals surface area contributed by atoms with Gasteiger partial charge in [0, 0.05) is 30.2 Å². The number of halogens is 2. The molecule has 7 heteroatoms. The van der Waals surface area contributed by atoms with Crippen LogP contribution in [0.25, 0.3) is 11.3 Å². The van der Waals surface area contributed by atoms with E-state index in [1.165, 1.54) is 0 Å². The van der Waals surface area contributed by atoms with Crippen molar-refractivity contribution in [1.29, 1.82) is 0 Å². The van der Waals surface area contributed by atoms with Crippen LogP contribution in [-0.4, -0.2) is 40.6 Å². The molecule has 0 aliphatic carbocycles. The third-order valence-electron chi connectivity index (χ3n) is 3.98. The number of aromatic amines is 1. The third kappa shape index (κ3) is 4.97. The number of nitrogens with one attached hydrogen (secondary N) is 1. The summed E-state index contributed by atoms with van der Waals surface area (Å²) in [7, 11) is 1.78. The lowest BCUT2D eigenvalue weighted by molar-refractivity contribution is 0.0790. The average molecular weight is 371 g/mol. The zero-order valence-electron chi connectivity index (χ0n) is 14.1. The number of carbonyl (C=O) groups is 1. The molecule has 1 aromatic carbocycles. The molecule has 1 unspecified atom stereocenters. The molecule has 0 spiro atoms. The molecule has 5 nitrogen and oxygen atoms in total. The van der Waals surface area contributed by atoms with Crippen LogP contribution in [0.5, 0.6) is 0 Å². The van der Waals surface area contributed by atoms with Gasteiger partial charge in [0.2, 0.25) is 0 Å². The second-order valence-electron chi connectivity index (χ2n) is 6.09. The molecular formula is C17H24Cl2N4O. The molecule has 132 valence electrons. The minimum atomic E-state index is -0.0790. The SMILES string of the molecule is CC(C)C(N)CCN(C)C(=O)c1cn[nH]c1-c1cccc(Cl)c1.Cl. The summed E-state index contributed by atoms with van der Waals surface area (Å²) in [5.41, 5.74) is 8.10. The van der Waals surface area contributed by atoms with Crippen molar-refractivity contribution in [3.8, 4) is 11.3 Å². The zero-order chi connectivity index (χ0) is 17.0. The molecule has 0 saturated carbocycles. The maximum atomic E-state index is 12.7. The lowest BCUT2D eigenvalue weighted by atomic mass is 10.0. The van der Waals surface area contributed by atoms with Crippen LogP contribution in [0.3, 0.4) is 0 Å². The number of H-pyrrole nitrogens is 1. The molecule has 0 bridgehead atoms. The maximum Gasteiger partial charge on any atom is 0.257 e. The Morgan fingerprint density at radius 2 is 2.12 bits per heavy atom. The Balaban J connectivity index is 0.00000288. The zero-order valence-corrected chi connectivity index (χ0v) is 15.7. The van der Waals surface area contributed by atoms with Crippen molar-refractivity contribution in [2.24, 2.45) is 11.7 Å². The quantitative estimate of drug-likeness (QED) is 0.815. The summed E-state index contributed by atoms with van der Waals surface area (Å²) in [6.07, 6.45) is 2.32. The van der Waals surface area contributed by atoms with Crippen molar-refractivity contribution in [2.75, 3.05) is 13.6 Å². The first-order valence-electron chi connectivity index (χ1n) is 7.70. The summed E-state index contributed by atoms with van der Waals surface area (Å²) in [5.74, 6) is 0.319. The van der Waals surface area contributed by atoms with E-state index < -0.39 is 0 Å². The Kier molecular flexibility index (Phi) is 7.73. The van der Waals surface area contributed by atoms with E-state index in [2.05, 4.69) is 24.0 Å². The van der Waals surface area contributed by atoms with Crippen molar-refractivity contribution in [3.63, 3.8) is 0 Å². The number of amides is 1. The monoisotopic (exact) mass is 370 g/mol. The minimum Gasteiger partial charge on any atom is -0.342 e. The van der Waals surface area contributed by atoms with Crippen LogP contribution >= 0.6 is 24.0 Å². The van der Waals surface area contributed by atoms with Crippen LogP contribution in [-0.2, 0) is 0 Å². The van der Waals surface area contributed by atoms with Gasteiger partial charge in [-0.25, -0.2) is 0 Å². The van der Waals surface area contributed by atoms with Crippen molar-refractivity contribution < 1.29 is 4.79 Å². The molecule has 0 aliphatic rings. The van der Waals surface area contributed by atoms with E-state index in [9.17, 15) is 4.79 Å². The highest BCUT2D eigenvalue weighted by molar-refractivity contribution is 6.30. The fraction of sp³-hybridized carbons (Fsp3) is 0.412. The van der Waals surface area contributed by atoms with E-state index in [1.54, 1.807) is 30.3 Å². The Morgan fingerprint density at radius 1 is 1.42 bits per heavy atom. The Bertz CT molecular complexity index is 672. The summed E-state index contributed by atoms with van der Waals surface area (Å²) < 4.78 is 0. The largest absolute Gasteiger partial charge is 0.342 e. The number of carbonyl (C=O) groups excluding carboxylic acids is 1. The fourth-order valence-corrected chi connectivity index (χ4v) is 2.49. The number of nitrogens with two attached hydrogens (primary N) is 1. The number of hydrogen-bond acceptors (Lipinski definition) is 3. The Labute approximate surface area is 154 Å². The van der Waals surface area contributed by atoms with Crippen LogP contribution < -0.4 is 5.73 Å². The lowest BCUT2D eigenvalue weighted by Gasteiger charge is -2.21. The van der Waals surface area contributed by atoms with Crippen molar-refractivity contribution in [2.45, 2.75) is 26.3 Å². The number of hydrogen-bond donors (Lipinski definition) is 2. The molecule has 0 saturated heterocycles. The van der Waals surface area contributed by atoms with Crippen LogP contribution in [0.15, 0.2) is 30.5 Å². The van der Waals surface area contributed by atoms with Gasteiger partial charge in [0.05, 0.1) is 17.5 Å². The number of benzene rings is 1. The molecule has 24 heavy (non-hydrogen) atoms. The molecule has 0 fully saturated rings. The molecule has 0 aliphatic heterocycles. The molecule has 1 heterocycles. The molecule has 1 atom stereocenters. The number of nitrogens with zero attached hydrogens (tertiary/aromatic N) is 2. The lowest BCUT2D eigenvalue weighted by Crippen LogP contribution is -2.34. The number of aromatic nitrogens is 2. The van der Waals surface area contributed by atoms with Crippen LogP contribution in [0.4, 0.5) is 0 Å². The van der Waals surface area contributed by atoms with Crippen LogP contribution in [0, 0.1) is 5.92 Å². The molecule has 2 rings (SSSR count). The van der Waals surface area contributed by atoms with E-state index in [0.29, 0.717) is 28.7 Å². The Morgan fingerprint density at radius 3 is 2.75 bits per heavy atom.